The molecule has 13 heteroatoms. The molecule has 2 rings (SSSR count). The van der Waals surface area contributed by atoms with E-state index in [1.165, 1.54) is 11.6 Å². The summed E-state index contributed by atoms with van der Waals surface area (Å²) in [7, 11) is 0. The third-order valence-electron chi connectivity index (χ3n) is 4.13. The molecule has 0 bridgehead atoms. The van der Waals surface area contributed by atoms with E-state index in [2.05, 4.69) is 20.1 Å². The maximum absolute atomic E-state index is 13.0. The smallest absolute Gasteiger partial charge is 0.408 e. The zero-order chi connectivity index (χ0) is 23.3. The van der Waals surface area contributed by atoms with Crippen LogP contribution in [-0.2, 0) is 11.3 Å². The standard InChI is InChI=1S/C18H20ClF5N4O3/c1-4-11(18(22,23)24)26-12-7-10(31-17(20)21)9(8-25-12)15-13(19)14(16(29)30-6-3)27-28(15)5-2/h7-8,11,17H,4-6H2,1-3H3,(H,25,26)/t11-/m0/s1. The van der Waals surface area contributed by atoms with Crippen molar-refractivity contribution >= 4 is 23.4 Å². The van der Waals surface area contributed by atoms with E-state index >= 15 is 0 Å². The summed E-state index contributed by atoms with van der Waals surface area (Å²) >= 11 is 6.27. The van der Waals surface area contributed by atoms with Crippen LogP contribution in [0.3, 0.4) is 0 Å². The number of nitrogens with one attached hydrogen (secondary N) is 1. The molecule has 0 amide bonds. The third kappa shape index (κ3) is 5.75. The number of esters is 1. The number of aromatic nitrogens is 3. The molecule has 0 saturated carbocycles. The van der Waals surface area contributed by atoms with Crippen LogP contribution < -0.4 is 10.1 Å². The van der Waals surface area contributed by atoms with Crippen LogP contribution in [-0.4, -0.2) is 46.2 Å². The summed E-state index contributed by atoms with van der Waals surface area (Å²) < 4.78 is 75.8. The lowest BCUT2D eigenvalue weighted by Crippen LogP contribution is -2.35. The highest BCUT2D eigenvalue weighted by Gasteiger charge is 2.38. The molecule has 0 aromatic carbocycles. The molecule has 0 aliphatic rings. The maximum atomic E-state index is 13.0. The Kier molecular flexibility index (Phi) is 8.04. The minimum absolute atomic E-state index is 0.0322. The molecule has 0 aliphatic heterocycles. The highest BCUT2D eigenvalue weighted by atomic mass is 35.5. The summed E-state index contributed by atoms with van der Waals surface area (Å²) in [4.78, 5) is 16.0. The molecule has 1 atom stereocenters. The Morgan fingerprint density at radius 1 is 1.29 bits per heavy atom. The lowest BCUT2D eigenvalue weighted by Gasteiger charge is -2.21. The first kappa shape index (κ1) is 24.6. The van der Waals surface area contributed by atoms with E-state index in [4.69, 9.17) is 16.3 Å². The highest BCUT2D eigenvalue weighted by molar-refractivity contribution is 6.36. The Labute approximate surface area is 179 Å². The Morgan fingerprint density at radius 3 is 2.48 bits per heavy atom. The molecule has 0 aliphatic carbocycles. The number of rotatable bonds is 9. The van der Waals surface area contributed by atoms with E-state index in [-0.39, 0.29) is 47.4 Å². The lowest BCUT2D eigenvalue weighted by atomic mass is 10.1. The second-order valence-electron chi connectivity index (χ2n) is 6.14. The highest BCUT2D eigenvalue weighted by Crippen LogP contribution is 2.39. The number of ether oxygens (including phenoxy) is 2. The molecule has 0 fully saturated rings. The molecule has 2 aromatic rings. The minimum Gasteiger partial charge on any atom is -0.461 e. The van der Waals surface area contributed by atoms with Crippen LogP contribution in [0, 0.1) is 0 Å². The van der Waals surface area contributed by atoms with Gasteiger partial charge in [-0.15, -0.1) is 0 Å². The number of hydrogen-bond acceptors (Lipinski definition) is 6. The first-order valence-corrected chi connectivity index (χ1v) is 9.63. The largest absolute Gasteiger partial charge is 0.461 e. The van der Waals surface area contributed by atoms with Crippen molar-refractivity contribution in [2.24, 2.45) is 0 Å². The van der Waals surface area contributed by atoms with E-state index in [1.807, 2.05) is 0 Å². The number of alkyl halides is 5. The van der Waals surface area contributed by atoms with E-state index in [0.29, 0.717) is 0 Å². The van der Waals surface area contributed by atoms with Crippen LogP contribution in [0.25, 0.3) is 11.3 Å². The zero-order valence-electron chi connectivity index (χ0n) is 16.8. The van der Waals surface area contributed by atoms with Gasteiger partial charge in [-0.25, -0.2) is 9.78 Å². The molecule has 7 nitrogen and oxygen atoms in total. The molecule has 0 unspecified atom stereocenters. The summed E-state index contributed by atoms with van der Waals surface area (Å²) in [6.45, 7) is 1.52. The normalized spacial score (nSPS) is 12.7. The Hall–Kier alpha value is -2.63. The van der Waals surface area contributed by atoms with E-state index in [0.717, 1.165) is 12.3 Å². The van der Waals surface area contributed by atoms with Crippen molar-refractivity contribution in [1.82, 2.24) is 14.8 Å². The molecule has 2 aromatic heterocycles. The lowest BCUT2D eigenvalue weighted by molar-refractivity contribution is -0.142. The summed E-state index contributed by atoms with van der Waals surface area (Å²) in [6.07, 6.45) is -3.86. The predicted octanol–water partition coefficient (Wildman–Crippen LogP) is 5.15. The molecule has 1 N–H and O–H groups in total. The number of carbonyl (C=O) groups is 1. The number of halogens is 6. The monoisotopic (exact) mass is 470 g/mol. The molecular formula is C18H20ClF5N4O3. The topological polar surface area (TPSA) is 78.3 Å². The minimum atomic E-state index is -4.57. The average Bonchev–Trinajstić information content (AvgIpc) is 3.01. The van der Waals surface area contributed by atoms with Crippen LogP contribution in [0.2, 0.25) is 5.02 Å². The van der Waals surface area contributed by atoms with Gasteiger partial charge in [0.05, 0.1) is 17.9 Å². The SMILES string of the molecule is CCOC(=O)c1nn(CC)c(-c2cnc(N[C@@H](CC)C(F)(F)F)cc2OC(F)F)c1Cl. The number of nitrogens with zero attached hydrogens (tertiary/aromatic N) is 3. The quantitative estimate of drug-likeness (QED) is 0.403. The second-order valence-corrected chi connectivity index (χ2v) is 6.52. The van der Waals surface area contributed by atoms with Crippen LogP contribution in [0.4, 0.5) is 27.8 Å². The predicted molar refractivity (Wildman–Crippen MR) is 102 cm³/mol. The average molecular weight is 471 g/mol. The van der Waals surface area contributed by atoms with E-state index < -0.39 is 30.5 Å². The third-order valence-corrected chi connectivity index (χ3v) is 4.48. The summed E-state index contributed by atoms with van der Waals surface area (Å²) in [5, 5.41) is 6.00. The molecule has 172 valence electrons. The Balaban J connectivity index is 2.57. The van der Waals surface area contributed by atoms with Crippen molar-refractivity contribution in [3.63, 3.8) is 0 Å². The molecule has 0 saturated heterocycles. The zero-order valence-corrected chi connectivity index (χ0v) is 17.5. The van der Waals surface area contributed by atoms with E-state index in [1.54, 1.807) is 13.8 Å². The van der Waals surface area contributed by atoms with Gasteiger partial charge in [0.2, 0.25) is 0 Å². The van der Waals surface area contributed by atoms with Gasteiger partial charge >= 0.3 is 18.8 Å². The van der Waals surface area contributed by atoms with Gasteiger partial charge in [-0.1, -0.05) is 18.5 Å². The van der Waals surface area contributed by atoms with Gasteiger partial charge in [-0.2, -0.15) is 27.1 Å². The second kappa shape index (κ2) is 10.1. The van der Waals surface area contributed by atoms with Crippen molar-refractivity contribution in [3.05, 3.63) is 23.0 Å². The summed E-state index contributed by atoms with van der Waals surface area (Å²) in [5.74, 6) is -1.64. The number of carbonyl (C=O) groups excluding carboxylic acids is 1. The van der Waals surface area contributed by atoms with Gasteiger partial charge in [0, 0.05) is 18.8 Å². The fourth-order valence-electron chi connectivity index (χ4n) is 2.74. The molecule has 0 spiro atoms. The first-order chi connectivity index (χ1) is 14.5. The van der Waals surface area contributed by atoms with Crippen LogP contribution in [0.15, 0.2) is 12.3 Å². The molecule has 31 heavy (non-hydrogen) atoms. The summed E-state index contributed by atoms with van der Waals surface area (Å²) in [5.41, 5.74) is -0.292. The molecular weight excluding hydrogens is 451 g/mol. The van der Waals surface area contributed by atoms with Gasteiger partial charge in [-0.3, -0.25) is 4.68 Å². The van der Waals surface area contributed by atoms with Gasteiger partial charge < -0.3 is 14.8 Å². The summed E-state index contributed by atoms with van der Waals surface area (Å²) in [6, 6.07) is -1.03. The van der Waals surface area contributed by atoms with Crippen LogP contribution in [0.1, 0.15) is 37.7 Å². The van der Waals surface area contributed by atoms with Gasteiger partial charge in [0.15, 0.2) is 5.69 Å². The van der Waals surface area contributed by atoms with Gasteiger partial charge in [0.1, 0.15) is 22.6 Å². The van der Waals surface area contributed by atoms with Crippen molar-refractivity contribution in [1.29, 1.82) is 0 Å². The van der Waals surface area contributed by atoms with E-state index in [9.17, 15) is 26.7 Å². The van der Waals surface area contributed by atoms with Crippen molar-refractivity contribution in [2.75, 3.05) is 11.9 Å². The fourth-order valence-corrected chi connectivity index (χ4v) is 3.05. The van der Waals surface area contributed by atoms with Crippen LogP contribution >= 0.6 is 11.6 Å². The Bertz CT molecular complexity index is 920. The number of hydrogen-bond donors (Lipinski definition) is 1. The Morgan fingerprint density at radius 2 is 1.97 bits per heavy atom. The molecule has 2 heterocycles. The fraction of sp³-hybridized carbons (Fsp3) is 0.500. The number of pyridine rings is 1. The molecule has 0 radical (unpaired) electrons. The van der Waals surface area contributed by atoms with Crippen molar-refractivity contribution < 1.29 is 36.2 Å². The first-order valence-electron chi connectivity index (χ1n) is 9.25. The van der Waals surface area contributed by atoms with Crippen LogP contribution in [0.5, 0.6) is 5.75 Å². The number of anilines is 1. The van der Waals surface area contributed by atoms with Crippen molar-refractivity contribution in [2.45, 2.75) is 52.6 Å². The maximum Gasteiger partial charge on any atom is 0.408 e. The number of aryl methyl sites for hydroxylation is 1. The van der Waals surface area contributed by atoms with Gasteiger partial charge in [-0.05, 0) is 20.3 Å². The van der Waals surface area contributed by atoms with Crippen molar-refractivity contribution in [3.8, 4) is 17.0 Å². The van der Waals surface area contributed by atoms with Gasteiger partial charge in [0.25, 0.3) is 0 Å².